The fraction of sp³-hybridized carbons (Fsp3) is 0.545. The summed E-state index contributed by atoms with van der Waals surface area (Å²) in [5, 5.41) is 8.64. The molecule has 0 aromatic carbocycles. The Bertz CT molecular complexity index is 503. The molecule has 0 bridgehead atoms. The zero-order chi connectivity index (χ0) is 13.8. The van der Waals surface area contributed by atoms with Gasteiger partial charge in [-0.2, -0.15) is 0 Å². The molecule has 7 heteroatoms. The minimum atomic E-state index is -3.52. The number of rotatable bonds is 7. The molecule has 0 spiro atoms. The molecule has 0 saturated carbocycles. The van der Waals surface area contributed by atoms with Crippen LogP contribution >= 0.6 is 11.3 Å². The van der Waals surface area contributed by atoms with Crippen LogP contribution in [0, 0.1) is 0 Å². The third-order valence-corrected chi connectivity index (χ3v) is 5.63. The number of thiophene rings is 1. The normalized spacial score (nSPS) is 11.9. The number of nitrogens with one attached hydrogen (secondary N) is 1. The molecule has 0 fully saturated rings. The largest absolute Gasteiger partial charge is 0.481 e. The molecule has 0 unspecified atom stereocenters. The average Bonchev–Trinajstić information content (AvgIpc) is 2.74. The van der Waals surface area contributed by atoms with Gasteiger partial charge < -0.3 is 5.11 Å². The predicted octanol–water partition coefficient (Wildman–Crippen LogP) is 1.84. The van der Waals surface area contributed by atoms with E-state index in [1.165, 1.54) is 6.07 Å². The van der Waals surface area contributed by atoms with E-state index in [0.29, 0.717) is 4.88 Å². The van der Waals surface area contributed by atoms with Crippen molar-refractivity contribution in [2.45, 2.75) is 43.4 Å². The van der Waals surface area contributed by atoms with Crippen LogP contribution in [-0.4, -0.2) is 25.5 Å². The van der Waals surface area contributed by atoms with Crippen LogP contribution in [0.25, 0.3) is 0 Å². The highest BCUT2D eigenvalue weighted by molar-refractivity contribution is 7.91. The standard InChI is InChI=1S/C11H17NO4S2/c1-3-8(4-2)12-18(15,16)11-6-5-9(17-11)7-10(13)14/h5-6,8,12H,3-4,7H2,1-2H3,(H,13,14). The van der Waals surface area contributed by atoms with Crippen LogP contribution in [0.15, 0.2) is 16.3 Å². The lowest BCUT2D eigenvalue weighted by Crippen LogP contribution is -2.33. The number of carboxylic acids is 1. The summed E-state index contributed by atoms with van der Waals surface area (Å²) >= 11 is 1.000. The Morgan fingerprint density at radius 3 is 2.50 bits per heavy atom. The summed E-state index contributed by atoms with van der Waals surface area (Å²) in [4.78, 5) is 11.1. The highest BCUT2D eigenvalue weighted by Crippen LogP contribution is 2.22. The first-order valence-electron chi connectivity index (χ1n) is 5.71. The maximum atomic E-state index is 12.0. The van der Waals surface area contributed by atoms with Crippen LogP contribution in [0.1, 0.15) is 31.6 Å². The van der Waals surface area contributed by atoms with Crippen molar-refractivity contribution in [3.8, 4) is 0 Å². The van der Waals surface area contributed by atoms with E-state index in [1.54, 1.807) is 6.07 Å². The fourth-order valence-corrected chi connectivity index (χ4v) is 4.25. The van der Waals surface area contributed by atoms with Gasteiger partial charge in [0.1, 0.15) is 4.21 Å². The zero-order valence-electron chi connectivity index (χ0n) is 10.3. The van der Waals surface area contributed by atoms with Crippen molar-refractivity contribution in [3.05, 3.63) is 17.0 Å². The smallest absolute Gasteiger partial charge is 0.308 e. The Labute approximate surface area is 111 Å². The Morgan fingerprint density at radius 2 is 2.00 bits per heavy atom. The summed E-state index contributed by atoms with van der Waals surface area (Å²) in [6, 6.07) is 2.91. The first kappa shape index (κ1) is 15.1. The quantitative estimate of drug-likeness (QED) is 0.803. The van der Waals surface area contributed by atoms with Gasteiger partial charge in [0.2, 0.25) is 10.0 Å². The summed E-state index contributed by atoms with van der Waals surface area (Å²) in [5.74, 6) is -0.964. The molecule has 0 amide bonds. The molecule has 0 atom stereocenters. The summed E-state index contributed by atoms with van der Waals surface area (Å²) in [6.07, 6.45) is 1.30. The van der Waals surface area contributed by atoms with Crippen LogP contribution in [0.3, 0.4) is 0 Å². The van der Waals surface area contributed by atoms with E-state index >= 15 is 0 Å². The van der Waals surface area contributed by atoms with E-state index in [-0.39, 0.29) is 16.7 Å². The Kier molecular flexibility index (Phi) is 5.30. The summed E-state index contributed by atoms with van der Waals surface area (Å²) < 4.78 is 26.8. The summed E-state index contributed by atoms with van der Waals surface area (Å²) in [5.41, 5.74) is 0. The molecule has 0 aliphatic carbocycles. The molecule has 1 heterocycles. The van der Waals surface area contributed by atoms with Gasteiger partial charge in [0.15, 0.2) is 0 Å². The van der Waals surface area contributed by atoms with Crippen molar-refractivity contribution < 1.29 is 18.3 Å². The second-order valence-electron chi connectivity index (χ2n) is 3.93. The number of hydrogen-bond donors (Lipinski definition) is 2. The van der Waals surface area contributed by atoms with Gasteiger partial charge in [0.25, 0.3) is 0 Å². The molecule has 1 aromatic rings. The topological polar surface area (TPSA) is 83.5 Å². The van der Waals surface area contributed by atoms with Gasteiger partial charge in [-0.1, -0.05) is 13.8 Å². The number of hydrogen-bond acceptors (Lipinski definition) is 4. The highest BCUT2D eigenvalue weighted by atomic mass is 32.2. The van der Waals surface area contributed by atoms with Crippen molar-refractivity contribution in [1.82, 2.24) is 4.72 Å². The fourth-order valence-electron chi connectivity index (χ4n) is 1.48. The van der Waals surface area contributed by atoms with Crippen molar-refractivity contribution >= 4 is 27.3 Å². The molecule has 0 aliphatic heterocycles. The first-order chi connectivity index (χ1) is 8.39. The number of aliphatic carboxylic acids is 1. The lowest BCUT2D eigenvalue weighted by molar-refractivity contribution is -0.136. The minimum Gasteiger partial charge on any atom is -0.481 e. The van der Waals surface area contributed by atoms with Crippen molar-refractivity contribution in [1.29, 1.82) is 0 Å². The average molecular weight is 291 g/mol. The molecule has 0 saturated heterocycles. The third-order valence-electron chi connectivity index (χ3n) is 2.53. The molecule has 1 aromatic heterocycles. The molecule has 2 N–H and O–H groups in total. The van der Waals surface area contributed by atoms with Crippen LogP contribution in [0.2, 0.25) is 0 Å². The lowest BCUT2D eigenvalue weighted by atomic mass is 10.2. The highest BCUT2D eigenvalue weighted by Gasteiger charge is 2.20. The van der Waals surface area contributed by atoms with Gasteiger partial charge >= 0.3 is 5.97 Å². The van der Waals surface area contributed by atoms with Gasteiger partial charge in [-0.05, 0) is 25.0 Å². The zero-order valence-corrected chi connectivity index (χ0v) is 12.0. The molecular weight excluding hydrogens is 274 g/mol. The first-order valence-corrected chi connectivity index (χ1v) is 8.01. The Hall–Kier alpha value is -0.920. The SMILES string of the molecule is CCC(CC)NS(=O)(=O)c1ccc(CC(=O)O)s1. The van der Waals surface area contributed by atoms with E-state index in [2.05, 4.69) is 4.72 Å². The molecule has 0 aliphatic rings. The maximum Gasteiger partial charge on any atom is 0.308 e. The van der Waals surface area contributed by atoms with E-state index in [4.69, 9.17) is 5.11 Å². The second-order valence-corrected chi connectivity index (χ2v) is 7.04. The van der Waals surface area contributed by atoms with Crippen LogP contribution in [-0.2, 0) is 21.2 Å². The second kappa shape index (κ2) is 6.31. The third kappa shape index (κ3) is 4.08. The van der Waals surface area contributed by atoms with Gasteiger partial charge in [-0.15, -0.1) is 11.3 Å². The molecule has 18 heavy (non-hydrogen) atoms. The van der Waals surface area contributed by atoms with Crippen molar-refractivity contribution in [2.75, 3.05) is 0 Å². The summed E-state index contributed by atoms with van der Waals surface area (Å²) in [7, 11) is -3.52. The lowest BCUT2D eigenvalue weighted by Gasteiger charge is -2.13. The Morgan fingerprint density at radius 1 is 1.39 bits per heavy atom. The van der Waals surface area contributed by atoms with E-state index in [9.17, 15) is 13.2 Å². The van der Waals surface area contributed by atoms with Gasteiger partial charge in [-0.25, -0.2) is 13.1 Å². The molecule has 5 nitrogen and oxygen atoms in total. The maximum absolute atomic E-state index is 12.0. The monoisotopic (exact) mass is 291 g/mol. The number of carbonyl (C=O) groups is 1. The van der Waals surface area contributed by atoms with Crippen molar-refractivity contribution in [3.63, 3.8) is 0 Å². The van der Waals surface area contributed by atoms with Gasteiger partial charge in [0, 0.05) is 10.9 Å². The van der Waals surface area contributed by atoms with E-state index < -0.39 is 16.0 Å². The van der Waals surface area contributed by atoms with Gasteiger partial charge in [0.05, 0.1) is 6.42 Å². The molecular formula is C11H17NO4S2. The van der Waals surface area contributed by atoms with Crippen LogP contribution in [0.5, 0.6) is 0 Å². The van der Waals surface area contributed by atoms with Crippen molar-refractivity contribution in [2.24, 2.45) is 0 Å². The molecule has 1 rings (SSSR count). The number of sulfonamides is 1. The van der Waals surface area contributed by atoms with Gasteiger partial charge in [-0.3, -0.25) is 4.79 Å². The van der Waals surface area contributed by atoms with Crippen LogP contribution < -0.4 is 4.72 Å². The van der Waals surface area contributed by atoms with Crippen LogP contribution in [0.4, 0.5) is 0 Å². The number of carboxylic acid groups (broad SMARTS) is 1. The molecule has 0 radical (unpaired) electrons. The Balaban J connectivity index is 2.85. The predicted molar refractivity (Wildman–Crippen MR) is 70.4 cm³/mol. The summed E-state index contributed by atoms with van der Waals surface area (Å²) in [6.45, 7) is 3.84. The van der Waals surface area contributed by atoms with E-state index in [1.807, 2.05) is 13.8 Å². The van der Waals surface area contributed by atoms with E-state index in [0.717, 1.165) is 24.2 Å². The minimum absolute atomic E-state index is 0.0833. The molecule has 102 valence electrons.